The number of anilines is 1. The minimum absolute atomic E-state index is 0.0911. The van der Waals surface area contributed by atoms with Gasteiger partial charge in [-0.2, -0.15) is 0 Å². The highest BCUT2D eigenvalue weighted by molar-refractivity contribution is 7.09. The lowest BCUT2D eigenvalue weighted by Crippen LogP contribution is -2.21. The standard InChI is InChI=1S/C22H24N2O3S/c1-16-8-10-18(11-9-16)24-21(25)15-27-22-17(5-3-7-20(22)26-2)13-23-14-19-6-4-12-28-19/h3-12,23H,13-15H2,1-2H3,(H,24,25). The predicted octanol–water partition coefficient (Wildman–Crippen LogP) is 4.37. The third kappa shape index (κ3) is 5.58. The Morgan fingerprint density at radius 3 is 2.57 bits per heavy atom. The third-order valence-corrected chi connectivity index (χ3v) is 5.03. The van der Waals surface area contributed by atoms with E-state index in [2.05, 4.69) is 22.1 Å². The normalized spacial score (nSPS) is 10.5. The fraction of sp³-hybridized carbons (Fsp3) is 0.227. The zero-order valence-corrected chi connectivity index (χ0v) is 16.8. The topological polar surface area (TPSA) is 59.6 Å². The summed E-state index contributed by atoms with van der Waals surface area (Å²) in [7, 11) is 1.59. The molecule has 1 aromatic heterocycles. The van der Waals surface area contributed by atoms with Crippen molar-refractivity contribution in [2.75, 3.05) is 19.0 Å². The predicted molar refractivity (Wildman–Crippen MR) is 113 cm³/mol. The maximum atomic E-state index is 12.3. The Labute approximate surface area is 169 Å². The van der Waals surface area contributed by atoms with Crippen LogP contribution in [0.2, 0.25) is 0 Å². The first-order valence-corrected chi connectivity index (χ1v) is 9.92. The molecule has 0 radical (unpaired) electrons. The van der Waals surface area contributed by atoms with Gasteiger partial charge in [-0.05, 0) is 36.6 Å². The summed E-state index contributed by atoms with van der Waals surface area (Å²) in [5.74, 6) is 0.980. The number of para-hydroxylation sites is 1. The van der Waals surface area contributed by atoms with E-state index in [0.717, 1.165) is 23.4 Å². The monoisotopic (exact) mass is 396 g/mol. The van der Waals surface area contributed by atoms with Crippen molar-refractivity contribution in [3.8, 4) is 11.5 Å². The van der Waals surface area contributed by atoms with Gasteiger partial charge in [-0.1, -0.05) is 35.9 Å². The molecule has 1 heterocycles. The molecule has 0 atom stereocenters. The van der Waals surface area contributed by atoms with Crippen molar-refractivity contribution in [3.63, 3.8) is 0 Å². The summed E-state index contributed by atoms with van der Waals surface area (Å²) < 4.78 is 11.2. The summed E-state index contributed by atoms with van der Waals surface area (Å²) >= 11 is 1.71. The van der Waals surface area contributed by atoms with E-state index in [4.69, 9.17) is 9.47 Å². The Balaban J connectivity index is 1.60. The van der Waals surface area contributed by atoms with E-state index < -0.39 is 0 Å². The van der Waals surface area contributed by atoms with Gasteiger partial charge in [0.25, 0.3) is 5.91 Å². The Morgan fingerprint density at radius 1 is 1.04 bits per heavy atom. The van der Waals surface area contributed by atoms with Crippen LogP contribution in [0, 0.1) is 6.92 Å². The van der Waals surface area contributed by atoms with Crippen LogP contribution in [-0.2, 0) is 17.9 Å². The Hall–Kier alpha value is -2.83. The number of benzene rings is 2. The van der Waals surface area contributed by atoms with Crippen LogP contribution in [0.3, 0.4) is 0 Å². The van der Waals surface area contributed by atoms with Crippen molar-refractivity contribution in [3.05, 3.63) is 76.0 Å². The number of nitrogens with one attached hydrogen (secondary N) is 2. The van der Waals surface area contributed by atoms with Gasteiger partial charge in [-0.3, -0.25) is 4.79 Å². The molecule has 0 saturated heterocycles. The quantitative estimate of drug-likeness (QED) is 0.564. The van der Waals surface area contributed by atoms with Crippen molar-refractivity contribution < 1.29 is 14.3 Å². The van der Waals surface area contributed by atoms with Crippen LogP contribution in [0.4, 0.5) is 5.69 Å². The molecule has 0 unspecified atom stereocenters. The largest absolute Gasteiger partial charge is 0.493 e. The van der Waals surface area contributed by atoms with Crippen molar-refractivity contribution in [2.24, 2.45) is 0 Å². The van der Waals surface area contributed by atoms with Crippen LogP contribution >= 0.6 is 11.3 Å². The van der Waals surface area contributed by atoms with Crippen LogP contribution < -0.4 is 20.1 Å². The van der Waals surface area contributed by atoms with Crippen LogP contribution in [-0.4, -0.2) is 19.6 Å². The van der Waals surface area contributed by atoms with Gasteiger partial charge >= 0.3 is 0 Å². The molecule has 3 rings (SSSR count). The molecule has 0 bridgehead atoms. The van der Waals surface area contributed by atoms with Crippen LogP contribution in [0.25, 0.3) is 0 Å². The Kier molecular flexibility index (Phi) is 7.06. The zero-order valence-electron chi connectivity index (χ0n) is 16.0. The van der Waals surface area contributed by atoms with E-state index in [1.165, 1.54) is 4.88 Å². The molecule has 0 spiro atoms. The first-order valence-electron chi connectivity index (χ1n) is 9.04. The fourth-order valence-corrected chi connectivity index (χ4v) is 3.40. The first kappa shape index (κ1) is 19.9. The molecule has 0 aliphatic heterocycles. The molecule has 1 amide bonds. The van der Waals surface area contributed by atoms with E-state index in [-0.39, 0.29) is 12.5 Å². The third-order valence-electron chi connectivity index (χ3n) is 4.16. The smallest absolute Gasteiger partial charge is 0.262 e. The number of carbonyl (C=O) groups excluding carboxylic acids is 1. The minimum Gasteiger partial charge on any atom is -0.493 e. The summed E-state index contributed by atoms with van der Waals surface area (Å²) in [4.78, 5) is 13.5. The molecule has 2 N–H and O–H groups in total. The maximum absolute atomic E-state index is 12.3. The average molecular weight is 397 g/mol. The number of ether oxygens (including phenoxy) is 2. The van der Waals surface area contributed by atoms with Gasteiger partial charge in [-0.15, -0.1) is 11.3 Å². The van der Waals surface area contributed by atoms with Crippen molar-refractivity contribution in [2.45, 2.75) is 20.0 Å². The van der Waals surface area contributed by atoms with Crippen molar-refractivity contribution in [1.29, 1.82) is 0 Å². The van der Waals surface area contributed by atoms with Gasteiger partial charge in [0.05, 0.1) is 7.11 Å². The highest BCUT2D eigenvalue weighted by Gasteiger charge is 2.13. The zero-order chi connectivity index (χ0) is 19.8. The first-order chi connectivity index (χ1) is 13.7. The molecule has 0 saturated carbocycles. The number of rotatable bonds is 9. The van der Waals surface area contributed by atoms with Gasteiger partial charge in [0, 0.05) is 29.2 Å². The lowest BCUT2D eigenvalue weighted by Gasteiger charge is -2.15. The maximum Gasteiger partial charge on any atom is 0.262 e. The number of hydrogen-bond donors (Lipinski definition) is 2. The van der Waals surface area contributed by atoms with E-state index in [9.17, 15) is 4.79 Å². The SMILES string of the molecule is COc1cccc(CNCc2cccs2)c1OCC(=O)Nc1ccc(C)cc1. The van der Waals surface area contributed by atoms with Crippen molar-refractivity contribution >= 4 is 22.9 Å². The molecular weight excluding hydrogens is 372 g/mol. The van der Waals surface area contributed by atoms with E-state index in [1.54, 1.807) is 18.4 Å². The highest BCUT2D eigenvalue weighted by Crippen LogP contribution is 2.31. The molecule has 146 valence electrons. The van der Waals surface area contributed by atoms with Crippen molar-refractivity contribution in [1.82, 2.24) is 5.32 Å². The lowest BCUT2D eigenvalue weighted by molar-refractivity contribution is -0.118. The molecule has 2 aromatic carbocycles. The summed E-state index contributed by atoms with van der Waals surface area (Å²) in [5, 5.41) is 8.30. The molecule has 5 nitrogen and oxygen atoms in total. The van der Waals surface area contributed by atoms with Gasteiger partial charge < -0.3 is 20.1 Å². The van der Waals surface area contributed by atoms with Crippen LogP contribution in [0.5, 0.6) is 11.5 Å². The molecule has 0 aliphatic rings. The molecule has 0 fully saturated rings. The summed E-state index contributed by atoms with van der Waals surface area (Å²) in [6, 6.07) is 17.5. The Bertz CT molecular complexity index is 893. The van der Waals surface area contributed by atoms with Gasteiger partial charge in [0.1, 0.15) is 0 Å². The second kappa shape index (κ2) is 9.92. The van der Waals surface area contributed by atoms with Crippen LogP contribution in [0.1, 0.15) is 16.0 Å². The second-order valence-electron chi connectivity index (χ2n) is 6.33. The second-order valence-corrected chi connectivity index (χ2v) is 7.37. The Morgan fingerprint density at radius 2 is 1.86 bits per heavy atom. The van der Waals surface area contributed by atoms with Gasteiger partial charge in [0.15, 0.2) is 18.1 Å². The summed E-state index contributed by atoms with van der Waals surface area (Å²) in [6.07, 6.45) is 0. The van der Waals surface area contributed by atoms with E-state index in [0.29, 0.717) is 18.0 Å². The van der Waals surface area contributed by atoms with Gasteiger partial charge in [-0.25, -0.2) is 0 Å². The van der Waals surface area contributed by atoms with Crippen LogP contribution in [0.15, 0.2) is 60.0 Å². The molecular formula is C22H24N2O3S. The molecule has 28 heavy (non-hydrogen) atoms. The highest BCUT2D eigenvalue weighted by atomic mass is 32.1. The molecule has 0 aliphatic carbocycles. The average Bonchev–Trinajstić information content (AvgIpc) is 3.22. The molecule has 3 aromatic rings. The number of hydrogen-bond acceptors (Lipinski definition) is 5. The minimum atomic E-state index is -0.216. The fourth-order valence-electron chi connectivity index (χ4n) is 2.73. The lowest BCUT2D eigenvalue weighted by atomic mass is 10.2. The van der Waals surface area contributed by atoms with Gasteiger partial charge in [0.2, 0.25) is 0 Å². The van der Waals surface area contributed by atoms with E-state index in [1.807, 2.05) is 55.5 Å². The number of aryl methyl sites for hydroxylation is 1. The number of thiophene rings is 1. The number of carbonyl (C=O) groups is 1. The number of amides is 1. The van der Waals surface area contributed by atoms with E-state index >= 15 is 0 Å². The summed E-state index contributed by atoms with van der Waals surface area (Å²) in [5.41, 5.74) is 2.83. The number of methoxy groups -OCH3 is 1. The molecule has 6 heteroatoms. The summed E-state index contributed by atoms with van der Waals surface area (Å²) in [6.45, 7) is 3.31.